The van der Waals surface area contributed by atoms with E-state index in [1.807, 2.05) is 18.2 Å². The Morgan fingerprint density at radius 2 is 2.32 bits per heavy atom. The van der Waals surface area contributed by atoms with Crippen LogP contribution < -0.4 is 9.47 Å². The van der Waals surface area contributed by atoms with E-state index in [9.17, 15) is 5.11 Å². The van der Waals surface area contributed by atoms with Crippen LogP contribution in [0, 0.1) is 5.92 Å². The van der Waals surface area contributed by atoms with E-state index in [2.05, 4.69) is 6.92 Å². The summed E-state index contributed by atoms with van der Waals surface area (Å²) < 4.78 is 11.6. The van der Waals surface area contributed by atoms with E-state index in [1.165, 1.54) is 12.8 Å². The number of hydrogen-bond donors (Lipinski definition) is 1. The molecule has 0 radical (unpaired) electrons. The zero-order chi connectivity index (χ0) is 13.5. The van der Waals surface area contributed by atoms with Crippen LogP contribution in [0.5, 0.6) is 11.5 Å². The normalized spacial score (nSPS) is 33.0. The number of fused-ring (bicyclic) bond motifs is 1. The van der Waals surface area contributed by atoms with Gasteiger partial charge in [0.1, 0.15) is 17.1 Å². The molecule has 1 aliphatic heterocycles. The molecule has 3 rings (SSSR count). The number of aliphatic hydroxyl groups excluding tert-OH is 1. The first-order chi connectivity index (χ1) is 9.18. The Kier molecular flexibility index (Phi) is 3.17. The number of benzene rings is 1. The van der Waals surface area contributed by atoms with Gasteiger partial charge in [0.25, 0.3) is 0 Å². The molecule has 104 valence electrons. The Morgan fingerprint density at radius 1 is 1.47 bits per heavy atom. The number of rotatable bonds is 2. The highest BCUT2D eigenvalue weighted by molar-refractivity contribution is 5.44. The summed E-state index contributed by atoms with van der Waals surface area (Å²) in [5, 5.41) is 10.4. The van der Waals surface area contributed by atoms with Gasteiger partial charge in [-0.25, -0.2) is 0 Å². The lowest BCUT2D eigenvalue weighted by Crippen LogP contribution is -2.44. The average molecular weight is 262 g/mol. The highest BCUT2D eigenvalue weighted by Crippen LogP contribution is 2.51. The van der Waals surface area contributed by atoms with E-state index in [4.69, 9.17) is 9.47 Å². The van der Waals surface area contributed by atoms with Crippen LogP contribution in [-0.2, 0) is 0 Å². The second-order valence-electron chi connectivity index (χ2n) is 5.79. The third-order valence-electron chi connectivity index (χ3n) is 4.82. The summed E-state index contributed by atoms with van der Waals surface area (Å²) in [5.41, 5.74) is 0.737. The molecule has 1 heterocycles. The van der Waals surface area contributed by atoms with E-state index in [0.717, 1.165) is 36.3 Å². The summed E-state index contributed by atoms with van der Waals surface area (Å²) in [6.07, 6.45) is 4.89. The lowest BCUT2D eigenvalue weighted by Gasteiger charge is -2.42. The molecule has 1 fully saturated rings. The van der Waals surface area contributed by atoms with Gasteiger partial charge in [0.05, 0.1) is 13.2 Å². The summed E-state index contributed by atoms with van der Waals surface area (Å²) in [6, 6.07) is 5.71. The molecule has 19 heavy (non-hydrogen) atoms. The molecule has 0 aromatic heterocycles. The standard InChI is InChI=1S/C16H22O3/c1-3-11-5-4-8-16(11)10-14(17)13-7-6-12(18-2)9-15(13)19-16/h6-7,9,11,14,17H,3-5,8,10H2,1-2H3. The lowest BCUT2D eigenvalue weighted by molar-refractivity contribution is -0.0412. The lowest BCUT2D eigenvalue weighted by atomic mass is 9.80. The topological polar surface area (TPSA) is 38.7 Å². The maximum Gasteiger partial charge on any atom is 0.129 e. The Bertz CT molecular complexity index is 471. The van der Waals surface area contributed by atoms with Gasteiger partial charge in [0.15, 0.2) is 0 Å². The van der Waals surface area contributed by atoms with Crippen LogP contribution in [0.15, 0.2) is 18.2 Å². The molecule has 2 aliphatic rings. The molecule has 3 atom stereocenters. The van der Waals surface area contributed by atoms with E-state index in [1.54, 1.807) is 7.11 Å². The summed E-state index contributed by atoms with van der Waals surface area (Å²) in [6.45, 7) is 2.22. The molecule has 1 aromatic carbocycles. The summed E-state index contributed by atoms with van der Waals surface area (Å²) in [7, 11) is 1.65. The van der Waals surface area contributed by atoms with Crippen molar-refractivity contribution in [2.45, 2.75) is 50.7 Å². The molecular formula is C16H22O3. The van der Waals surface area contributed by atoms with Gasteiger partial charge in [-0.2, -0.15) is 0 Å². The molecular weight excluding hydrogens is 240 g/mol. The van der Waals surface area contributed by atoms with E-state index in [-0.39, 0.29) is 5.60 Å². The predicted octanol–water partition coefficient (Wildman–Crippen LogP) is 3.46. The van der Waals surface area contributed by atoms with Gasteiger partial charge in [-0.1, -0.05) is 6.92 Å². The van der Waals surface area contributed by atoms with Crippen molar-refractivity contribution >= 4 is 0 Å². The van der Waals surface area contributed by atoms with Gasteiger partial charge in [0.2, 0.25) is 0 Å². The van der Waals surface area contributed by atoms with Crippen LogP contribution >= 0.6 is 0 Å². The average Bonchev–Trinajstić information content (AvgIpc) is 2.79. The van der Waals surface area contributed by atoms with Crippen molar-refractivity contribution in [2.75, 3.05) is 7.11 Å². The molecule has 3 nitrogen and oxygen atoms in total. The minimum absolute atomic E-state index is 0.159. The fourth-order valence-electron chi connectivity index (χ4n) is 3.80. The van der Waals surface area contributed by atoms with Crippen LogP contribution in [0.2, 0.25) is 0 Å². The van der Waals surface area contributed by atoms with Gasteiger partial charge in [-0.3, -0.25) is 0 Å². The van der Waals surface area contributed by atoms with Gasteiger partial charge in [0, 0.05) is 18.1 Å². The van der Waals surface area contributed by atoms with Crippen molar-refractivity contribution in [3.63, 3.8) is 0 Å². The molecule has 0 saturated heterocycles. The van der Waals surface area contributed by atoms with Gasteiger partial charge in [-0.05, 0) is 43.7 Å². The third kappa shape index (κ3) is 2.00. The van der Waals surface area contributed by atoms with Crippen molar-refractivity contribution in [3.8, 4) is 11.5 Å². The van der Waals surface area contributed by atoms with Crippen molar-refractivity contribution in [2.24, 2.45) is 5.92 Å². The first-order valence-corrected chi connectivity index (χ1v) is 7.23. The van der Waals surface area contributed by atoms with Crippen molar-refractivity contribution < 1.29 is 14.6 Å². The Labute approximate surface area is 114 Å². The largest absolute Gasteiger partial charge is 0.497 e. The van der Waals surface area contributed by atoms with Crippen LogP contribution in [0.25, 0.3) is 0 Å². The van der Waals surface area contributed by atoms with Crippen LogP contribution in [-0.4, -0.2) is 17.8 Å². The highest BCUT2D eigenvalue weighted by atomic mass is 16.5. The molecule has 1 aliphatic carbocycles. The minimum atomic E-state index is -0.415. The maximum absolute atomic E-state index is 10.4. The predicted molar refractivity (Wildman–Crippen MR) is 73.6 cm³/mol. The first-order valence-electron chi connectivity index (χ1n) is 7.23. The molecule has 1 N–H and O–H groups in total. The van der Waals surface area contributed by atoms with E-state index < -0.39 is 6.10 Å². The molecule has 3 unspecified atom stereocenters. The van der Waals surface area contributed by atoms with Crippen molar-refractivity contribution in [1.82, 2.24) is 0 Å². The quantitative estimate of drug-likeness (QED) is 0.887. The minimum Gasteiger partial charge on any atom is -0.497 e. The number of hydrogen-bond acceptors (Lipinski definition) is 3. The molecule has 0 amide bonds. The van der Waals surface area contributed by atoms with Gasteiger partial charge < -0.3 is 14.6 Å². The number of ether oxygens (including phenoxy) is 2. The number of aliphatic hydroxyl groups is 1. The van der Waals surface area contributed by atoms with Gasteiger partial charge in [-0.15, -0.1) is 0 Å². The first kappa shape index (κ1) is 12.8. The SMILES string of the molecule is CCC1CCCC12CC(O)c1ccc(OC)cc1O2. The summed E-state index contributed by atoms with van der Waals surface area (Å²) in [5.74, 6) is 2.15. The monoisotopic (exact) mass is 262 g/mol. The second-order valence-corrected chi connectivity index (χ2v) is 5.79. The summed E-state index contributed by atoms with van der Waals surface area (Å²) in [4.78, 5) is 0. The van der Waals surface area contributed by atoms with E-state index >= 15 is 0 Å². The molecule has 0 bridgehead atoms. The highest BCUT2D eigenvalue weighted by Gasteiger charge is 2.48. The Morgan fingerprint density at radius 3 is 3.05 bits per heavy atom. The van der Waals surface area contributed by atoms with Gasteiger partial charge >= 0.3 is 0 Å². The Hall–Kier alpha value is -1.22. The molecule has 1 spiro atoms. The van der Waals surface area contributed by atoms with E-state index in [0.29, 0.717) is 5.92 Å². The molecule has 1 saturated carbocycles. The Balaban J connectivity index is 1.98. The second kappa shape index (κ2) is 4.71. The van der Waals surface area contributed by atoms with Crippen molar-refractivity contribution in [1.29, 1.82) is 0 Å². The summed E-state index contributed by atoms with van der Waals surface area (Å²) >= 11 is 0. The van der Waals surface area contributed by atoms with Crippen LogP contribution in [0.1, 0.15) is 50.7 Å². The third-order valence-corrected chi connectivity index (χ3v) is 4.82. The fourth-order valence-corrected chi connectivity index (χ4v) is 3.80. The number of methoxy groups -OCH3 is 1. The van der Waals surface area contributed by atoms with Crippen LogP contribution in [0.3, 0.4) is 0 Å². The fraction of sp³-hybridized carbons (Fsp3) is 0.625. The molecule has 1 aromatic rings. The van der Waals surface area contributed by atoms with Crippen molar-refractivity contribution in [3.05, 3.63) is 23.8 Å². The maximum atomic E-state index is 10.4. The zero-order valence-corrected chi connectivity index (χ0v) is 11.7. The zero-order valence-electron chi connectivity index (χ0n) is 11.7. The van der Waals surface area contributed by atoms with Crippen LogP contribution in [0.4, 0.5) is 0 Å². The molecule has 3 heteroatoms. The smallest absolute Gasteiger partial charge is 0.129 e.